The van der Waals surface area contributed by atoms with Crippen LogP contribution in [0.4, 0.5) is 4.79 Å². The Morgan fingerprint density at radius 3 is 2.69 bits per heavy atom. The quantitative estimate of drug-likeness (QED) is 0.676. The van der Waals surface area contributed by atoms with Gasteiger partial charge in [-0.1, -0.05) is 13.8 Å². The van der Waals surface area contributed by atoms with Gasteiger partial charge in [-0.05, 0) is 12.3 Å². The number of hydrogen-bond donors (Lipinski definition) is 0. The fourth-order valence-electron chi connectivity index (χ4n) is 2.23. The summed E-state index contributed by atoms with van der Waals surface area (Å²) in [7, 11) is 1.62. The van der Waals surface area contributed by atoms with Crippen LogP contribution in [0.3, 0.4) is 0 Å². The third-order valence-electron chi connectivity index (χ3n) is 3.09. The molecule has 2 rings (SSSR count). The molecule has 0 aromatic rings. The van der Waals surface area contributed by atoms with E-state index in [0.29, 0.717) is 0 Å². The van der Waals surface area contributed by atoms with Crippen LogP contribution in [-0.4, -0.2) is 37.9 Å². The summed E-state index contributed by atoms with van der Waals surface area (Å²) in [5.74, 6) is 0.205. The SMILES string of the molecule is CO[C@@H]1CC[C@@H]2OC(=O)O[C@@H](C(C)C)[C@H]2O1. The van der Waals surface area contributed by atoms with Crippen LogP contribution < -0.4 is 0 Å². The first kappa shape index (κ1) is 11.7. The van der Waals surface area contributed by atoms with Crippen LogP contribution in [0.15, 0.2) is 0 Å². The number of cyclic esters (lactones) is 1. The van der Waals surface area contributed by atoms with Gasteiger partial charge in [0.1, 0.15) is 18.3 Å². The molecular weight excluding hydrogens is 212 g/mol. The minimum atomic E-state index is -0.584. The molecule has 0 aromatic heterocycles. The zero-order valence-electron chi connectivity index (χ0n) is 9.84. The molecule has 0 aromatic carbocycles. The molecule has 2 fully saturated rings. The largest absolute Gasteiger partial charge is 0.509 e. The molecule has 0 spiro atoms. The summed E-state index contributed by atoms with van der Waals surface area (Å²) in [4.78, 5) is 11.3. The summed E-state index contributed by atoms with van der Waals surface area (Å²) < 4.78 is 21.2. The number of ether oxygens (including phenoxy) is 4. The van der Waals surface area contributed by atoms with E-state index < -0.39 is 6.16 Å². The number of carbonyl (C=O) groups excluding carboxylic acids is 1. The summed E-state index contributed by atoms with van der Waals surface area (Å²) in [6.07, 6.45) is 0.0556. The van der Waals surface area contributed by atoms with Crippen LogP contribution in [0.5, 0.6) is 0 Å². The Balaban J connectivity index is 2.09. The lowest BCUT2D eigenvalue weighted by molar-refractivity contribution is -0.262. The van der Waals surface area contributed by atoms with E-state index in [2.05, 4.69) is 0 Å². The van der Waals surface area contributed by atoms with E-state index in [1.807, 2.05) is 13.8 Å². The molecule has 0 radical (unpaired) electrons. The van der Waals surface area contributed by atoms with Crippen LogP contribution in [0, 0.1) is 5.92 Å². The lowest BCUT2D eigenvalue weighted by Gasteiger charge is -2.43. The average Bonchev–Trinajstić information content (AvgIpc) is 2.27. The predicted octanol–water partition coefficient (Wildman–Crippen LogP) is 1.70. The van der Waals surface area contributed by atoms with Gasteiger partial charge < -0.3 is 18.9 Å². The van der Waals surface area contributed by atoms with Crippen molar-refractivity contribution in [1.82, 2.24) is 0 Å². The second-order valence-corrected chi connectivity index (χ2v) is 4.58. The van der Waals surface area contributed by atoms with Gasteiger partial charge in [0, 0.05) is 13.5 Å². The molecule has 0 unspecified atom stereocenters. The highest BCUT2D eigenvalue weighted by Crippen LogP contribution is 2.32. The average molecular weight is 230 g/mol. The lowest BCUT2D eigenvalue weighted by atomic mass is 9.92. The zero-order chi connectivity index (χ0) is 11.7. The normalized spacial score (nSPS) is 38.9. The molecule has 0 saturated carbocycles. The molecule has 2 aliphatic rings. The molecule has 0 N–H and O–H groups in total. The van der Waals surface area contributed by atoms with E-state index in [0.717, 1.165) is 12.8 Å². The minimum absolute atomic E-state index is 0.194. The van der Waals surface area contributed by atoms with Crippen LogP contribution in [-0.2, 0) is 18.9 Å². The van der Waals surface area contributed by atoms with Crippen molar-refractivity contribution in [2.24, 2.45) is 5.92 Å². The van der Waals surface area contributed by atoms with E-state index in [-0.39, 0.29) is 30.5 Å². The molecule has 4 atom stereocenters. The second kappa shape index (κ2) is 4.59. The summed E-state index contributed by atoms with van der Waals surface area (Å²) in [5.41, 5.74) is 0. The van der Waals surface area contributed by atoms with E-state index in [1.165, 1.54) is 0 Å². The van der Waals surface area contributed by atoms with Gasteiger partial charge >= 0.3 is 6.16 Å². The maximum Gasteiger partial charge on any atom is 0.509 e. The number of carbonyl (C=O) groups is 1. The highest BCUT2D eigenvalue weighted by atomic mass is 16.8. The first-order chi connectivity index (χ1) is 7.61. The standard InChI is InChI=1S/C11H18O5/c1-6(2)9-10-7(14-11(12)16-9)4-5-8(13-3)15-10/h6-10H,4-5H2,1-3H3/t7-,8-,9-,10-/m0/s1. The number of rotatable bonds is 2. The highest BCUT2D eigenvalue weighted by molar-refractivity contribution is 5.61. The van der Waals surface area contributed by atoms with Gasteiger partial charge in [-0.3, -0.25) is 0 Å². The van der Waals surface area contributed by atoms with Crippen molar-refractivity contribution in [2.75, 3.05) is 7.11 Å². The third kappa shape index (κ3) is 2.15. The molecule has 5 heteroatoms. The fraction of sp³-hybridized carbons (Fsp3) is 0.909. The summed E-state index contributed by atoms with van der Waals surface area (Å²) >= 11 is 0. The molecule has 0 aliphatic carbocycles. The van der Waals surface area contributed by atoms with Gasteiger partial charge in [-0.15, -0.1) is 0 Å². The molecule has 92 valence electrons. The van der Waals surface area contributed by atoms with E-state index in [9.17, 15) is 4.79 Å². The molecular formula is C11H18O5. The van der Waals surface area contributed by atoms with Crippen molar-refractivity contribution in [3.05, 3.63) is 0 Å². The molecule has 16 heavy (non-hydrogen) atoms. The first-order valence-corrected chi connectivity index (χ1v) is 5.67. The number of fused-ring (bicyclic) bond motifs is 1. The Morgan fingerprint density at radius 2 is 2.06 bits per heavy atom. The van der Waals surface area contributed by atoms with Gasteiger partial charge in [0.25, 0.3) is 0 Å². The zero-order valence-corrected chi connectivity index (χ0v) is 9.84. The summed E-state index contributed by atoms with van der Waals surface area (Å²) in [5, 5.41) is 0. The fourth-order valence-corrected chi connectivity index (χ4v) is 2.23. The Hall–Kier alpha value is -0.810. The maximum absolute atomic E-state index is 11.3. The Labute approximate surface area is 95.0 Å². The monoisotopic (exact) mass is 230 g/mol. The van der Waals surface area contributed by atoms with Gasteiger partial charge in [-0.25, -0.2) is 4.79 Å². The van der Waals surface area contributed by atoms with Crippen molar-refractivity contribution in [3.63, 3.8) is 0 Å². The van der Waals surface area contributed by atoms with Crippen molar-refractivity contribution < 1.29 is 23.7 Å². The topological polar surface area (TPSA) is 54.0 Å². The van der Waals surface area contributed by atoms with E-state index in [1.54, 1.807) is 7.11 Å². The van der Waals surface area contributed by atoms with Crippen molar-refractivity contribution in [1.29, 1.82) is 0 Å². The maximum atomic E-state index is 11.3. The predicted molar refractivity (Wildman–Crippen MR) is 54.9 cm³/mol. The second-order valence-electron chi connectivity index (χ2n) is 4.58. The van der Waals surface area contributed by atoms with Crippen molar-refractivity contribution in [2.45, 2.75) is 51.3 Å². The van der Waals surface area contributed by atoms with Gasteiger partial charge in [0.2, 0.25) is 0 Å². The number of methoxy groups -OCH3 is 1. The molecule has 0 amide bonds. The summed E-state index contributed by atoms with van der Waals surface area (Å²) in [6.45, 7) is 4.00. The molecule has 5 nitrogen and oxygen atoms in total. The van der Waals surface area contributed by atoms with Crippen LogP contribution in [0.1, 0.15) is 26.7 Å². The van der Waals surface area contributed by atoms with Crippen LogP contribution in [0.25, 0.3) is 0 Å². The van der Waals surface area contributed by atoms with Gasteiger partial charge in [0.05, 0.1) is 0 Å². The Morgan fingerprint density at radius 1 is 1.31 bits per heavy atom. The first-order valence-electron chi connectivity index (χ1n) is 5.67. The Bertz CT molecular complexity index is 265. The summed E-state index contributed by atoms with van der Waals surface area (Å²) in [6, 6.07) is 0. The minimum Gasteiger partial charge on any atom is -0.428 e. The van der Waals surface area contributed by atoms with Crippen LogP contribution >= 0.6 is 0 Å². The van der Waals surface area contributed by atoms with Gasteiger partial charge in [0.15, 0.2) is 6.29 Å². The molecule has 2 saturated heterocycles. The number of hydrogen-bond acceptors (Lipinski definition) is 5. The molecule has 0 bridgehead atoms. The van der Waals surface area contributed by atoms with E-state index in [4.69, 9.17) is 18.9 Å². The lowest BCUT2D eigenvalue weighted by Crippen LogP contribution is -2.55. The highest BCUT2D eigenvalue weighted by Gasteiger charge is 2.46. The molecule has 2 aliphatic heterocycles. The van der Waals surface area contributed by atoms with Crippen LogP contribution in [0.2, 0.25) is 0 Å². The van der Waals surface area contributed by atoms with Gasteiger partial charge in [-0.2, -0.15) is 0 Å². The Kier molecular flexibility index (Phi) is 3.35. The van der Waals surface area contributed by atoms with Crippen molar-refractivity contribution >= 4 is 6.16 Å². The van der Waals surface area contributed by atoms with Crippen molar-refractivity contribution in [3.8, 4) is 0 Å². The smallest absolute Gasteiger partial charge is 0.428 e. The van der Waals surface area contributed by atoms with E-state index >= 15 is 0 Å². The third-order valence-corrected chi connectivity index (χ3v) is 3.09. The molecule has 2 heterocycles.